The van der Waals surface area contributed by atoms with Crippen LogP contribution in [0.15, 0.2) is 66.7 Å². The first-order valence-corrected chi connectivity index (χ1v) is 9.79. The molecule has 2 aromatic carbocycles. The van der Waals surface area contributed by atoms with Crippen LogP contribution in [0, 0.1) is 0 Å². The molecule has 6 nitrogen and oxygen atoms in total. The van der Waals surface area contributed by atoms with Gasteiger partial charge in [-0.15, -0.1) is 0 Å². The first-order valence-electron chi connectivity index (χ1n) is 9.79. The number of carboxylic acid groups (broad SMARTS) is 2. The maximum absolute atomic E-state index is 11.1. The third kappa shape index (κ3) is 5.91. The van der Waals surface area contributed by atoms with E-state index in [2.05, 4.69) is 4.98 Å². The summed E-state index contributed by atoms with van der Waals surface area (Å²) in [5.74, 6) is -1.27. The molecule has 0 spiro atoms. The number of rotatable bonds is 10. The molecule has 0 amide bonds. The Morgan fingerprint density at radius 3 is 2.20 bits per heavy atom. The van der Waals surface area contributed by atoms with Crippen LogP contribution in [0.2, 0.25) is 0 Å². The Hall–Kier alpha value is -3.67. The zero-order valence-corrected chi connectivity index (χ0v) is 16.5. The van der Waals surface area contributed by atoms with Gasteiger partial charge in [0.2, 0.25) is 5.88 Å². The van der Waals surface area contributed by atoms with Gasteiger partial charge in [-0.1, -0.05) is 42.5 Å². The lowest BCUT2D eigenvalue weighted by molar-refractivity contribution is -0.137. The molecule has 0 aliphatic heterocycles. The van der Waals surface area contributed by atoms with Crippen molar-refractivity contribution in [2.45, 2.75) is 25.7 Å². The summed E-state index contributed by atoms with van der Waals surface area (Å²) in [5.41, 5.74) is 3.69. The molecule has 0 aliphatic rings. The van der Waals surface area contributed by atoms with E-state index >= 15 is 0 Å². The van der Waals surface area contributed by atoms with E-state index in [4.69, 9.17) is 14.9 Å². The van der Waals surface area contributed by atoms with Crippen LogP contribution in [-0.2, 0) is 4.79 Å². The van der Waals surface area contributed by atoms with Crippen LogP contribution in [0.5, 0.6) is 5.88 Å². The molecule has 0 saturated carbocycles. The highest BCUT2D eigenvalue weighted by molar-refractivity contribution is 5.88. The Bertz CT molecular complexity index is 1000. The molecule has 0 unspecified atom stereocenters. The molecule has 2 N–H and O–H groups in total. The van der Waals surface area contributed by atoms with Crippen LogP contribution in [0.3, 0.4) is 0 Å². The smallest absolute Gasteiger partial charge is 0.335 e. The number of carboxylic acids is 2. The highest BCUT2D eigenvalue weighted by atomic mass is 16.5. The summed E-state index contributed by atoms with van der Waals surface area (Å²) in [6.07, 6.45) is 2.30. The average molecular weight is 405 g/mol. The second kappa shape index (κ2) is 10.2. The summed E-state index contributed by atoms with van der Waals surface area (Å²) >= 11 is 0. The van der Waals surface area contributed by atoms with Gasteiger partial charge in [-0.25, -0.2) is 9.78 Å². The minimum Gasteiger partial charge on any atom is -0.481 e. The summed E-state index contributed by atoms with van der Waals surface area (Å²) in [6.45, 7) is 0.447. The van der Waals surface area contributed by atoms with Gasteiger partial charge in [0.1, 0.15) is 0 Å². The molecular weight excluding hydrogens is 382 g/mol. The number of aliphatic carboxylic acids is 1. The number of nitrogens with zero attached hydrogens (tertiary/aromatic N) is 1. The lowest BCUT2D eigenvalue weighted by Crippen LogP contribution is -2.01. The number of hydrogen-bond donors (Lipinski definition) is 2. The van der Waals surface area contributed by atoms with Crippen molar-refractivity contribution < 1.29 is 24.5 Å². The van der Waals surface area contributed by atoms with E-state index in [1.165, 1.54) is 0 Å². The second-order valence-electron chi connectivity index (χ2n) is 6.88. The van der Waals surface area contributed by atoms with E-state index in [9.17, 15) is 9.59 Å². The van der Waals surface area contributed by atoms with E-state index in [0.29, 0.717) is 18.9 Å². The maximum atomic E-state index is 11.1. The quantitative estimate of drug-likeness (QED) is 0.454. The molecule has 0 aliphatic carbocycles. The van der Waals surface area contributed by atoms with Gasteiger partial charge in [0.05, 0.1) is 17.9 Å². The fourth-order valence-corrected chi connectivity index (χ4v) is 3.04. The molecule has 1 heterocycles. The molecule has 0 saturated heterocycles. The van der Waals surface area contributed by atoms with Crippen molar-refractivity contribution in [1.82, 2.24) is 4.98 Å². The van der Waals surface area contributed by atoms with Crippen LogP contribution in [0.4, 0.5) is 0 Å². The number of carbonyl (C=O) groups is 2. The number of aromatic carboxylic acids is 1. The Kier molecular flexibility index (Phi) is 7.16. The Morgan fingerprint density at radius 1 is 0.800 bits per heavy atom. The van der Waals surface area contributed by atoms with Gasteiger partial charge in [-0.2, -0.15) is 0 Å². The first-order chi connectivity index (χ1) is 14.5. The number of unbranched alkanes of at least 4 members (excludes halogenated alkanes) is 2. The molecule has 3 rings (SSSR count). The van der Waals surface area contributed by atoms with E-state index in [0.717, 1.165) is 35.2 Å². The van der Waals surface area contributed by atoms with Crippen LogP contribution >= 0.6 is 0 Å². The summed E-state index contributed by atoms with van der Waals surface area (Å²) in [4.78, 5) is 26.3. The molecule has 30 heavy (non-hydrogen) atoms. The first kappa shape index (κ1) is 21.0. The number of hydrogen-bond acceptors (Lipinski definition) is 4. The third-order valence-corrected chi connectivity index (χ3v) is 4.62. The fraction of sp³-hybridized carbons (Fsp3) is 0.208. The highest BCUT2D eigenvalue weighted by Crippen LogP contribution is 2.29. The van der Waals surface area contributed by atoms with Gasteiger partial charge >= 0.3 is 11.9 Å². The van der Waals surface area contributed by atoms with Crippen molar-refractivity contribution in [3.05, 3.63) is 72.3 Å². The van der Waals surface area contributed by atoms with Crippen molar-refractivity contribution >= 4 is 11.9 Å². The monoisotopic (exact) mass is 405 g/mol. The predicted octanol–water partition coefficient (Wildman–Crippen LogP) is 5.14. The fourth-order valence-electron chi connectivity index (χ4n) is 3.04. The molecule has 154 valence electrons. The normalized spacial score (nSPS) is 10.5. The van der Waals surface area contributed by atoms with E-state index in [-0.39, 0.29) is 12.0 Å². The van der Waals surface area contributed by atoms with Gasteiger partial charge < -0.3 is 14.9 Å². The minimum atomic E-state index is -0.965. The second-order valence-corrected chi connectivity index (χ2v) is 6.88. The molecular formula is C24H23NO5. The predicted molar refractivity (Wildman–Crippen MR) is 114 cm³/mol. The molecule has 0 radical (unpaired) electrons. The van der Waals surface area contributed by atoms with Crippen LogP contribution in [-0.4, -0.2) is 33.7 Å². The van der Waals surface area contributed by atoms with Gasteiger partial charge in [-0.05, 0) is 48.6 Å². The zero-order chi connectivity index (χ0) is 21.3. The summed E-state index contributed by atoms with van der Waals surface area (Å²) in [6, 6.07) is 20.2. The molecule has 0 fully saturated rings. The molecule has 0 bridgehead atoms. The van der Waals surface area contributed by atoms with Crippen molar-refractivity contribution in [3.63, 3.8) is 0 Å². The van der Waals surface area contributed by atoms with Gasteiger partial charge in [0, 0.05) is 18.1 Å². The highest BCUT2D eigenvalue weighted by Gasteiger charge is 2.09. The van der Waals surface area contributed by atoms with Gasteiger partial charge in [0.15, 0.2) is 0 Å². The number of aromatic nitrogens is 1. The largest absolute Gasteiger partial charge is 0.481 e. The number of benzene rings is 2. The number of ether oxygens (including phenoxy) is 1. The Labute approximate surface area is 174 Å². The van der Waals surface area contributed by atoms with Crippen LogP contribution in [0.25, 0.3) is 22.4 Å². The van der Waals surface area contributed by atoms with E-state index in [1.54, 1.807) is 24.3 Å². The van der Waals surface area contributed by atoms with Crippen molar-refractivity contribution in [1.29, 1.82) is 0 Å². The van der Waals surface area contributed by atoms with Crippen LogP contribution < -0.4 is 4.74 Å². The minimum absolute atomic E-state index is 0.165. The standard InChI is InChI=1S/C24H23NO5/c26-23(27)9-5-2-6-14-30-22-16-20(17-10-12-19(13-11-17)24(28)29)15-21(25-22)18-7-3-1-4-8-18/h1,3-4,7-8,10-13,15-16H,2,5-6,9,14H2,(H,26,27)(H,28,29). The van der Waals surface area contributed by atoms with Crippen molar-refractivity contribution in [2.24, 2.45) is 0 Å². The van der Waals surface area contributed by atoms with E-state index < -0.39 is 11.9 Å². The Balaban J connectivity index is 1.80. The molecule has 3 aromatic rings. The molecule has 1 aromatic heterocycles. The van der Waals surface area contributed by atoms with Crippen LogP contribution in [0.1, 0.15) is 36.0 Å². The molecule has 6 heteroatoms. The average Bonchev–Trinajstić information content (AvgIpc) is 2.76. The summed E-state index contributed by atoms with van der Waals surface area (Å²) in [5, 5.41) is 17.8. The lowest BCUT2D eigenvalue weighted by atomic mass is 10.0. The summed E-state index contributed by atoms with van der Waals surface area (Å²) in [7, 11) is 0. The zero-order valence-electron chi connectivity index (χ0n) is 16.5. The maximum Gasteiger partial charge on any atom is 0.335 e. The summed E-state index contributed by atoms with van der Waals surface area (Å²) < 4.78 is 5.85. The van der Waals surface area contributed by atoms with Crippen molar-refractivity contribution in [2.75, 3.05) is 6.61 Å². The van der Waals surface area contributed by atoms with Gasteiger partial charge in [0.25, 0.3) is 0 Å². The Morgan fingerprint density at radius 2 is 1.53 bits per heavy atom. The SMILES string of the molecule is O=C(O)CCCCCOc1cc(-c2ccc(C(=O)O)cc2)cc(-c2ccccc2)n1. The topological polar surface area (TPSA) is 96.7 Å². The van der Waals surface area contributed by atoms with Gasteiger partial charge in [-0.3, -0.25) is 4.79 Å². The van der Waals surface area contributed by atoms with E-state index in [1.807, 2.05) is 42.5 Å². The lowest BCUT2D eigenvalue weighted by Gasteiger charge is -2.11. The number of pyridine rings is 1. The van der Waals surface area contributed by atoms with Crippen molar-refractivity contribution in [3.8, 4) is 28.3 Å². The third-order valence-electron chi connectivity index (χ3n) is 4.62. The molecule has 0 atom stereocenters.